The lowest BCUT2D eigenvalue weighted by Gasteiger charge is -2.15. The fraction of sp³-hybridized carbons (Fsp3) is 0.200. The van der Waals surface area contributed by atoms with Gasteiger partial charge in [-0.15, -0.1) is 6.42 Å². The second-order valence-electron chi connectivity index (χ2n) is 4.68. The van der Waals surface area contributed by atoms with E-state index in [9.17, 15) is 13.9 Å². The molecule has 0 heterocycles. The average molecular weight is 261 g/mol. The van der Waals surface area contributed by atoms with Crippen LogP contribution < -0.4 is 5.73 Å². The Balaban J connectivity index is 3.12. The number of nitrogens with two attached hydrogens (primary N) is 1. The van der Waals surface area contributed by atoms with Crippen LogP contribution in [0.3, 0.4) is 0 Å². The molecular formula is C15H13F2NO. The average Bonchev–Trinajstić information content (AvgIpc) is 2.36. The molecule has 0 radical (unpaired) electrons. The zero-order valence-corrected chi connectivity index (χ0v) is 10.6. The maximum absolute atomic E-state index is 14.0. The molecule has 0 bridgehead atoms. The normalized spacial score (nSPS) is 10.9. The molecule has 2 rings (SSSR count). The van der Waals surface area contributed by atoms with Gasteiger partial charge in [-0.3, -0.25) is 0 Å². The molecule has 98 valence electrons. The van der Waals surface area contributed by atoms with Crippen LogP contribution in [0.25, 0.3) is 10.8 Å². The lowest BCUT2D eigenvalue weighted by Crippen LogP contribution is -2.00. The Hall–Kier alpha value is -2.28. The molecule has 0 saturated heterocycles. The Morgan fingerprint density at radius 3 is 2.42 bits per heavy atom. The second-order valence-corrected chi connectivity index (χ2v) is 4.68. The predicted octanol–water partition coefficient (Wildman–Crippen LogP) is 3.51. The van der Waals surface area contributed by atoms with E-state index in [1.165, 1.54) is 6.07 Å². The highest BCUT2D eigenvalue weighted by Crippen LogP contribution is 2.38. The number of hydrogen-bond donors (Lipinski definition) is 2. The van der Waals surface area contributed by atoms with E-state index in [0.717, 1.165) is 0 Å². The number of terminal acetylenes is 1. The third-order valence-corrected chi connectivity index (χ3v) is 3.08. The SMILES string of the molecule is C#Cc1c(F)c(O)c(F)c2cc(N)cc(C(C)C)c12. The van der Waals surface area contributed by atoms with Crippen molar-refractivity contribution in [2.24, 2.45) is 0 Å². The number of rotatable bonds is 1. The van der Waals surface area contributed by atoms with Crippen molar-refractivity contribution in [2.75, 3.05) is 5.73 Å². The number of nitrogen functional groups attached to an aromatic ring is 1. The summed E-state index contributed by atoms with van der Waals surface area (Å²) in [7, 11) is 0. The van der Waals surface area contributed by atoms with E-state index in [-0.39, 0.29) is 16.9 Å². The molecule has 0 aliphatic rings. The highest BCUT2D eigenvalue weighted by Gasteiger charge is 2.21. The largest absolute Gasteiger partial charge is 0.503 e. The van der Waals surface area contributed by atoms with E-state index in [4.69, 9.17) is 12.2 Å². The number of aromatic hydroxyl groups is 1. The third kappa shape index (κ3) is 1.88. The molecule has 0 atom stereocenters. The molecule has 0 spiro atoms. The third-order valence-electron chi connectivity index (χ3n) is 3.08. The van der Waals surface area contributed by atoms with Crippen molar-refractivity contribution < 1.29 is 13.9 Å². The van der Waals surface area contributed by atoms with Gasteiger partial charge in [0.1, 0.15) is 0 Å². The summed E-state index contributed by atoms with van der Waals surface area (Å²) in [6.07, 6.45) is 5.29. The first-order valence-corrected chi connectivity index (χ1v) is 5.78. The summed E-state index contributed by atoms with van der Waals surface area (Å²) >= 11 is 0. The number of anilines is 1. The number of fused-ring (bicyclic) bond motifs is 1. The molecule has 2 aromatic rings. The van der Waals surface area contributed by atoms with E-state index in [1.807, 2.05) is 13.8 Å². The first-order valence-electron chi connectivity index (χ1n) is 5.78. The molecule has 0 aliphatic heterocycles. The van der Waals surface area contributed by atoms with Gasteiger partial charge in [-0.2, -0.15) is 0 Å². The number of benzene rings is 2. The topological polar surface area (TPSA) is 46.2 Å². The van der Waals surface area contributed by atoms with Gasteiger partial charge in [0.2, 0.25) is 0 Å². The van der Waals surface area contributed by atoms with Crippen molar-refractivity contribution in [3.05, 3.63) is 34.9 Å². The Morgan fingerprint density at radius 2 is 1.89 bits per heavy atom. The molecular weight excluding hydrogens is 248 g/mol. The van der Waals surface area contributed by atoms with Crippen LogP contribution in [0, 0.1) is 24.0 Å². The van der Waals surface area contributed by atoms with Gasteiger partial charge in [0.05, 0.1) is 5.56 Å². The van der Waals surface area contributed by atoms with Crippen LogP contribution in [0.4, 0.5) is 14.5 Å². The molecule has 2 nitrogen and oxygen atoms in total. The van der Waals surface area contributed by atoms with Gasteiger partial charge in [-0.05, 0) is 23.6 Å². The lowest BCUT2D eigenvalue weighted by atomic mass is 9.91. The molecule has 0 aromatic heterocycles. The Kier molecular flexibility index (Phi) is 3.07. The minimum Gasteiger partial charge on any atom is -0.503 e. The fourth-order valence-corrected chi connectivity index (χ4v) is 2.18. The first kappa shape index (κ1) is 13.2. The van der Waals surface area contributed by atoms with E-state index in [1.54, 1.807) is 6.07 Å². The molecule has 0 aliphatic carbocycles. The number of hydrogen-bond acceptors (Lipinski definition) is 2. The summed E-state index contributed by atoms with van der Waals surface area (Å²) in [5, 5.41) is 9.78. The van der Waals surface area contributed by atoms with Gasteiger partial charge in [-0.25, -0.2) is 8.78 Å². The van der Waals surface area contributed by atoms with Crippen LogP contribution in [0.1, 0.15) is 30.9 Å². The second kappa shape index (κ2) is 4.43. The summed E-state index contributed by atoms with van der Waals surface area (Å²) in [4.78, 5) is 0. The van der Waals surface area contributed by atoms with Crippen LogP contribution in [0.2, 0.25) is 0 Å². The zero-order valence-electron chi connectivity index (χ0n) is 10.6. The standard InChI is InChI=1S/C15H13F2NO/c1-4-9-12-10(7(2)3)5-8(18)6-11(12)14(17)15(19)13(9)16/h1,5-7,19H,18H2,2-3H3. The summed E-state index contributed by atoms with van der Waals surface area (Å²) in [5.74, 6) is -1.06. The summed E-state index contributed by atoms with van der Waals surface area (Å²) < 4.78 is 27.9. The zero-order chi connectivity index (χ0) is 14.3. The van der Waals surface area contributed by atoms with E-state index in [0.29, 0.717) is 16.6 Å². The Labute approximate surface area is 109 Å². The van der Waals surface area contributed by atoms with Crippen molar-refractivity contribution >= 4 is 16.5 Å². The number of phenolic OH excluding ortho intramolecular Hbond substituents is 1. The van der Waals surface area contributed by atoms with E-state index in [2.05, 4.69) is 5.92 Å². The predicted molar refractivity (Wildman–Crippen MR) is 72.0 cm³/mol. The van der Waals surface area contributed by atoms with Crippen LogP contribution in [-0.4, -0.2) is 5.11 Å². The minimum atomic E-state index is -1.11. The molecule has 0 fully saturated rings. The van der Waals surface area contributed by atoms with Gasteiger partial charge in [0.25, 0.3) is 0 Å². The van der Waals surface area contributed by atoms with E-state index >= 15 is 0 Å². The maximum Gasteiger partial charge on any atom is 0.189 e. The van der Waals surface area contributed by atoms with Gasteiger partial charge >= 0.3 is 0 Å². The molecule has 2 aromatic carbocycles. The number of phenols is 1. The van der Waals surface area contributed by atoms with Gasteiger partial charge in [-0.1, -0.05) is 19.8 Å². The van der Waals surface area contributed by atoms with Crippen LogP contribution in [0.15, 0.2) is 12.1 Å². The Bertz CT molecular complexity index is 715. The van der Waals surface area contributed by atoms with E-state index < -0.39 is 17.4 Å². The monoisotopic (exact) mass is 261 g/mol. The quantitative estimate of drug-likeness (QED) is 0.609. The van der Waals surface area contributed by atoms with Crippen molar-refractivity contribution in [3.63, 3.8) is 0 Å². The highest BCUT2D eigenvalue weighted by atomic mass is 19.1. The van der Waals surface area contributed by atoms with Gasteiger partial charge < -0.3 is 10.8 Å². The molecule has 0 amide bonds. The van der Waals surface area contributed by atoms with Crippen molar-refractivity contribution in [3.8, 4) is 18.1 Å². The molecule has 4 heteroatoms. The highest BCUT2D eigenvalue weighted by molar-refractivity contribution is 5.95. The van der Waals surface area contributed by atoms with Crippen LogP contribution in [0.5, 0.6) is 5.75 Å². The summed E-state index contributed by atoms with van der Waals surface area (Å²) in [5.41, 5.74) is 6.57. The summed E-state index contributed by atoms with van der Waals surface area (Å²) in [6, 6.07) is 2.99. The fourth-order valence-electron chi connectivity index (χ4n) is 2.18. The summed E-state index contributed by atoms with van der Waals surface area (Å²) in [6.45, 7) is 3.74. The van der Waals surface area contributed by atoms with Crippen LogP contribution in [-0.2, 0) is 0 Å². The maximum atomic E-state index is 14.0. The molecule has 3 N–H and O–H groups in total. The van der Waals surface area contributed by atoms with Crippen molar-refractivity contribution in [2.45, 2.75) is 19.8 Å². The van der Waals surface area contributed by atoms with Gasteiger partial charge in [0, 0.05) is 16.5 Å². The molecule has 19 heavy (non-hydrogen) atoms. The molecule has 0 saturated carbocycles. The number of halogens is 2. The smallest absolute Gasteiger partial charge is 0.189 e. The van der Waals surface area contributed by atoms with Crippen molar-refractivity contribution in [1.82, 2.24) is 0 Å². The molecule has 0 unspecified atom stereocenters. The lowest BCUT2D eigenvalue weighted by molar-refractivity contribution is 0.399. The minimum absolute atomic E-state index is 0.0126. The van der Waals surface area contributed by atoms with Crippen LogP contribution >= 0.6 is 0 Å². The van der Waals surface area contributed by atoms with Gasteiger partial charge in [0.15, 0.2) is 17.4 Å². The van der Waals surface area contributed by atoms with Crippen molar-refractivity contribution in [1.29, 1.82) is 0 Å². The Morgan fingerprint density at radius 1 is 1.26 bits per heavy atom. The first-order chi connectivity index (χ1) is 8.88.